The monoisotopic (exact) mass is 420 g/mol. The average molecular weight is 421 g/mol. The normalized spacial score (nSPS) is 19.0. The molecular weight excluding hydrogens is 403 g/mol. The van der Waals surface area contributed by atoms with Crippen molar-refractivity contribution in [1.82, 2.24) is 0 Å². The topological polar surface area (TPSA) is 72.6 Å². The minimum absolute atomic E-state index is 0.00881. The Kier molecular flexibility index (Phi) is 5.27. The second-order valence-electron chi connectivity index (χ2n) is 6.23. The van der Waals surface area contributed by atoms with E-state index in [0.717, 1.165) is 5.56 Å². The molecule has 2 N–H and O–H groups in total. The second-order valence-corrected chi connectivity index (χ2v) is 7.14. The van der Waals surface area contributed by atoms with Crippen molar-refractivity contribution in [2.24, 2.45) is 5.73 Å². The van der Waals surface area contributed by atoms with Gasteiger partial charge >= 0.3 is 0 Å². The third-order valence-electron chi connectivity index (χ3n) is 4.45. The van der Waals surface area contributed by atoms with Crippen LogP contribution in [0.4, 0.5) is 10.1 Å². The maximum Gasteiger partial charge on any atom is 0.265 e. The Morgan fingerprint density at radius 2 is 2.04 bits per heavy atom. The number of ether oxygens (including phenoxy) is 1. The molecule has 0 aromatic heterocycles. The Morgan fingerprint density at radius 1 is 1.31 bits per heavy atom. The van der Waals surface area contributed by atoms with Crippen LogP contribution in [0.2, 0.25) is 0 Å². The van der Waals surface area contributed by atoms with Crippen molar-refractivity contribution in [2.75, 3.05) is 11.5 Å². The van der Waals surface area contributed by atoms with Gasteiger partial charge < -0.3 is 15.4 Å². The number of carbonyl (C=O) groups excluding carboxylic acids is 2. The number of primary amides is 1. The summed E-state index contributed by atoms with van der Waals surface area (Å²) in [5, 5.41) is 0. The molecule has 2 amide bonds. The molecule has 2 atom stereocenters. The predicted molar refractivity (Wildman–Crippen MR) is 99.5 cm³/mol. The van der Waals surface area contributed by atoms with Gasteiger partial charge in [0.2, 0.25) is 5.91 Å². The van der Waals surface area contributed by atoms with E-state index in [1.165, 1.54) is 12.1 Å². The Bertz CT molecular complexity index is 858. The van der Waals surface area contributed by atoms with Crippen LogP contribution in [0.3, 0.4) is 0 Å². The number of para-hydroxylation sites is 1. The second kappa shape index (κ2) is 7.45. The molecule has 0 radical (unpaired) electrons. The summed E-state index contributed by atoms with van der Waals surface area (Å²) < 4.78 is 19.8. The molecule has 1 aliphatic rings. The van der Waals surface area contributed by atoms with Crippen LogP contribution in [-0.2, 0) is 9.59 Å². The first-order valence-corrected chi connectivity index (χ1v) is 8.96. The van der Waals surface area contributed by atoms with Crippen LogP contribution in [0.15, 0.2) is 46.9 Å². The van der Waals surface area contributed by atoms with Crippen LogP contribution >= 0.6 is 15.9 Å². The third kappa shape index (κ3) is 3.58. The average Bonchev–Trinajstić information content (AvgIpc) is 2.60. The standard InChI is InChI=1S/C19H18BrFN2O3/c1-11-8-14(19(22)25)13-4-2-3-5-16(13)23(11)18(24)10-26-17-7-6-12(20)9-15(17)21/h2-7,9,11,14H,8,10H2,1H3,(H2,22,25)/t11-,14+/m1/s1. The van der Waals surface area contributed by atoms with Crippen molar-refractivity contribution in [3.8, 4) is 5.75 Å². The summed E-state index contributed by atoms with van der Waals surface area (Å²) in [6, 6.07) is 11.3. The molecule has 0 saturated carbocycles. The molecule has 2 aromatic carbocycles. The maximum absolute atomic E-state index is 13.9. The highest BCUT2D eigenvalue weighted by Gasteiger charge is 2.36. The van der Waals surface area contributed by atoms with E-state index >= 15 is 0 Å². The zero-order chi connectivity index (χ0) is 18.8. The van der Waals surface area contributed by atoms with E-state index in [-0.39, 0.29) is 24.3 Å². The van der Waals surface area contributed by atoms with Gasteiger partial charge in [-0.3, -0.25) is 9.59 Å². The van der Waals surface area contributed by atoms with Crippen LogP contribution in [0.5, 0.6) is 5.75 Å². The Hall–Kier alpha value is -2.41. The number of anilines is 1. The molecule has 0 saturated heterocycles. The summed E-state index contributed by atoms with van der Waals surface area (Å²) in [6.07, 6.45) is 0.435. The molecule has 2 aromatic rings. The number of benzene rings is 2. The fraction of sp³-hybridized carbons (Fsp3) is 0.263. The predicted octanol–water partition coefficient (Wildman–Crippen LogP) is 3.36. The van der Waals surface area contributed by atoms with E-state index < -0.39 is 17.6 Å². The molecule has 5 nitrogen and oxygen atoms in total. The minimum Gasteiger partial charge on any atom is -0.481 e. The Labute approximate surface area is 159 Å². The van der Waals surface area contributed by atoms with Crippen LogP contribution in [0.25, 0.3) is 0 Å². The number of hydrogen-bond donors (Lipinski definition) is 1. The number of nitrogens with zero attached hydrogens (tertiary/aromatic N) is 1. The molecule has 0 unspecified atom stereocenters. The molecular formula is C19H18BrFN2O3. The van der Waals surface area contributed by atoms with Gasteiger partial charge in [0.1, 0.15) is 0 Å². The van der Waals surface area contributed by atoms with Crippen LogP contribution in [0, 0.1) is 5.82 Å². The van der Waals surface area contributed by atoms with Gasteiger partial charge in [-0.05, 0) is 43.2 Å². The smallest absolute Gasteiger partial charge is 0.265 e. The number of fused-ring (bicyclic) bond motifs is 1. The van der Waals surface area contributed by atoms with E-state index in [0.29, 0.717) is 16.6 Å². The quantitative estimate of drug-likeness (QED) is 0.823. The lowest BCUT2D eigenvalue weighted by Crippen LogP contribution is -2.47. The lowest BCUT2D eigenvalue weighted by Gasteiger charge is -2.38. The highest BCUT2D eigenvalue weighted by molar-refractivity contribution is 9.10. The largest absolute Gasteiger partial charge is 0.481 e. The lowest BCUT2D eigenvalue weighted by atomic mass is 9.85. The van der Waals surface area contributed by atoms with E-state index in [2.05, 4.69) is 15.9 Å². The van der Waals surface area contributed by atoms with Crippen LogP contribution in [-0.4, -0.2) is 24.5 Å². The summed E-state index contributed by atoms with van der Waals surface area (Å²) in [7, 11) is 0. The molecule has 3 rings (SSSR count). The summed E-state index contributed by atoms with van der Waals surface area (Å²) >= 11 is 3.17. The molecule has 0 bridgehead atoms. The number of halogens is 2. The van der Waals surface area contributed by atoms with Crippen LogP contribution in [0.1, 0.15) is 24.8 Å². The zero-order valence-corrected chi connectivity index (χ0v) is 15.7. The fourth-order valence-electron chi connectivity index (χ4n) is 3.26. The van der Waals surface area contributed by atoms with E-state index in [9.17, 15) is 14.0 Å². The first-order chi connectivity index (χ1) is 12.4. The molecule has 0 spiro atoms. The first-order valence-electron chi connectivity index (χ1n) is 8.16. The van der Waals surface area contributed by atoms with E-state index in [1.54, 1.807) is 35.2 Å². The SMILES string of the molecule is C[C@@H]1C[C@H](C(N)=O)c2ccccc2N1C(=O)COc1ccc(Br)cc1F. The summed E-state index contributed by atoms with van der Waals surface area (Å²) in [5.41, 5.74) is 6.88. The van der Waals surface area contributed by atoms with Crippen molar-refractivity contribution in [2.45, 2.75) is 25.3 Å². The van der Waals surface area contributed by atoms with Gasteiger partial charge in [0.05, 0.1) is 5.92 Å². The zero-order valence-electron chi connectivity index (χ0n) is 14.1. The number of nitrogens with two attached hydrogens (primary N) is 1. The van der Waals surface area contributed by atoms with Gasteiger partial charge in [0, 0.05) is 16.2 Å². The Morgan fingerprint density at radius 3 is 2.73 bits per heavy atom. The van der Waals surface area contributed by atoms with Gasteiger partial charge in [0.15, 0.2) is 18.2 Å². The summed E-state index contributed by atoms with van der Waals surface area (Å²) in [4.78, 5) is 26.1. The summed E-state index contributed by atoms with van der Waals surface area (Å²) in [5.74, 6) is -1.70. The van der Waals surface area contributed by atoms with Crippen molar-refractivity contribution in [1.29, 1.82) is 0 Å². The van der Waals surface area contributed by atoms with Gasteiger partial charge in [-0.15, -0.1) is 0 Å². The Balaban J connectivity index is 1.82. The minimum atomic E-state index is -0.548. The molecule has 26 heavy (non-hydrogen) atoms. The van der Waals surface area contributed by atoms with Crippen molar-refractivity contribution < 1.29 is 18.7 Å². The van der Waals surface area contributed by atoms with E-state index in [4.69, 9.17) is 10.5 Å². The third-order valence-corrected chi connectivity index (χ3v) is 4.94. The molecule has 0 fully saturated rings. The van der Waals surface area contributed by atoms with Gasteiger partial charge in [0.25, 0.3) is 5.91 Å². The maximum atomic E-state index is 13.9. The van der Waals surface area contributed by atoms with Crippen molar-refractivity contribution in [3.63, 3.8) is 0 Å². The van der Waals surface area contributed by atoms with Crippen molar-refractivity contribution >= 4 is 33.4 Å². The number of amides is 2. The van der Waals surface area contributed by atoms with Crippen LogP contribution < -0.4 is 15.4 Å². The number of hydrogen-bond acceptors (Lipinski definition) is 3. The molecule has 136 valence electrons. The van der Waals surface area contributed by atoms with Crippen molar-refractivity contribution in [3.05, 3.63) is 58.3 Å². The lowest BCUT2D eigenvalue weighted by molar-refractivity contribution is -0.122. The number of carbonyl (C=O) groups is 2. The van der Waals surface area contributed by atoms with Gasteiger partial charge in [-0.25, -0.2) is 4.39 Å². The van der Waals surface area contributed by atoms with E-state index in [1.807, 2.05) is 6.92 Å². The highest BCUT2D eigenvalue weighted by atomic mass is 79.9. The molecule has 1 heterocycles. The van der Waals surface area contributed by atoms with Gasteiger partial charge in [-0.2, -0.15) is 0 Å². The summed E-state index contributed by atoms with van der Waals surface area (Å²) in [6.45, 7) is 1.54. The molecule has 1 aliphatic heterocycles. The first kappa shape index (κ1) is 18.4. The fourth-order valence-corrected chi connectivity index (χ4v) is 3.60. The molecule has 7 heteroatoms. The van der Waals surface area contributed by atoms with Gasteiger partial charge in [-0.1, -0.05) is 34.1 Å². The molecule has 0 aliphatic carbocycles. The highest BCUT2D eigenvalue weighted by Crippen LogP contribution is 2.38. The number of rotatable bonds is 4.